The lowest BCUT2D eigenvalue weighted by Crippen LogP contribution is -1.85. The van der Waals surface area contributed by atoms with Crippen LogP contribution in [-0.4, -0.2) is 15.2 Å². The normalized spacial score (nSPS) is 9.80. The zero-order chi connectivity index (χ0) is 7.56. The molecule has 0 aliphatic carbocycles. The van der Waals surface area contributed by atoms with E-state index in [0.29, 0.717) is 5.56 Å². The Balaban J connectivity index is 3.14. The number of nitrogens with zero attached hydrogens (tertiary/aromatic N) is 1. The molecule has 0 radical (unpaired) electrons. The largest absolute Gasteiger partial charge is 0.504 e. The maximum absolute atomic E-state index is 9.04. The van der Waals surface area contributed by atoms with Crippen molar-refractivity contribution in [1.82, 2.24) is 4.98 Å². The lowest BCUT2D eigenvalue weighted by atomic mass is 10.3. The molecule has 1 aromatic heterocycles. The molecule has 54 valence electrons. The molecule has 2 N–H and O–H groups in total. The van der Waals surface area contributed by atoms with Crippen molar-refractivity contribution in [3.8, 4) is 5.75 Å². The van der Waals surface area contributed by atoms with Crippen molar-refractivity contribution in [2.24, 2.45) is 0 Å². The second-order valence-corrected chi connectivity index (χ2v) is 2.13. The highest BCUT2D eigenvalue weighted by Crippen LogP contribution is 2.23. The number of pyridine rings is 1. The Kier molecular flexibility index (Phi) is 2.09. The number of aromatic nitrogens is 1. The zero-order valence-corrected chi connectivity index (χ0v) is 5.84. The molecule has 0 atom stereocenters. The quantitative estimate of drug-likeness (QED) is 0.600. The van der Waals surface area contributed by atoms with Crippen LogP contribution >= 0.6 is 11.6 Å². The molecular weight excluding hydrogens is 154 g/mol. The van der Waals surface area contributed by atoms with E-state index in [2.05, 4.69) is 4.98 Å². The van der Waals surface area contributed by atoms with Gasteiger partial charge in [0.15, 0.2) is 10.9 Å². The first-order valence-electron chi connectivity index (χ1n) is 2.69. The molecule has 0 saturated carbocycles. The summed E-state index contributed by atoms with van der Waals surface area (Å²) in [7, 11) is 0. The van der Waals surface area contributed by atoms with Crippen LogP contribution in [0, 0.1) is 0 Å². The Labute approximate surface area is 62.9 Å². The standard InChI is InChI=1S/C6H6ClNO2/c7-6-5(10)4(3-9)1-2-8-6/h1-2,9-10H,3H2. The fourth-order valence-electron chi connectivity index (χ4n) is 0.593. The Morgan fingerprint density at radius 3 is 2.80 bits per heavy atom. The maximum atomic E-state index is 9.04. The second-order valence-electron chi connectivity index (χ2n) is 1.77. The molecule has 10 heavy (non-hydrogen) atoms. The van der Waals surface area contributed by atoms with Crippen molar-refractivity contribution in [2.75, 3.05) is 0 Å². The van der Waals surface area contributed by atoms with Crippen LogP contribution in [0.15, 0.2) is 12.3 Å². The lowest BCUT2D eigenvalue weighted by molar-refractivity contribution is 0.275. The molecule has 1 rings (SSSR count). The van der Waals surface area contributed by atoms with Gasteiger partial charge in [0.25, 0.3) is 0 Å². The van der Waals surface area contributed by atoms with Gasteiger partial charge in [-0.3, -0.25) is 0 Å². The summed E-state index contributed by atoms with van der Waals surface area (Å²) in [6.07, 6.45) is 1.42. The van der Waals surface area contributed by atoms with Crippen molar-refractivity contribution >= 4 is 11.6 Å². The summed E-state index contributed by atoms with van der Waals surface area (Å²) in [5.74, 6) is -0.147. The van der Waals surface area contributed by atoms with E-state index in [1.54, 1.807) is 0 Å². The molecule has 0 spiro atoms. The minimum Gasteiger partial charge on any atom is -0.504 e. The van der Waals surface area contributed by atoms with E-state index in [0.717, 1.165) is 0 Å². The van der Waals surface area contributed by atoms with E-state index in [4.69, 9.17) is 21.8 Å². The molecule has 4 heteroatoms. The van der Waals surface area contributed by atoms with E-state index in [1.807, 2.05) is 0 Å². The van der Waals surface area contributed by atoms with Gasteiger partial charge in [-0.15, -0.1) is 0 Å². The van der Waals surface area contributed by atoms with Crippen molar-refractivity contribution < 1.29 is 10.2 Å². The molecule has 0 amide bonds. The van der Waals surface area contributed by atoms with Gasteiger partial charge in [-0.05, 0) is 6.07 Å². The summed E-state index contributed by atoms with van der Waals surface area (Å²) < 4.78 is 0. The van der Waals surface area contributed by atoms with Crippen molar-refractivity contribution in [3.05, 3.63) is 23.0 Å². The van der Waals surface area contributed by atoms with Crippen LogP contribution in [0.2, 0.25) is 5.15 Å². The third kappa shape index (κ3) is 1.20. The summed E-state index contributed by atoms with van der Waals surface area (Å²) in [5, 5.41) is 17.7. The molecule has 3 nitrogen and oxygen atoms in total. The number of hydrogen-bond donors (Lipinski definition) is 2. The van der Waals surface area contributed by atoms with Gasteiger partial charge >= 0.3 is 0 Å². The van der Waals surface area contributed by atoms with E-state index >= 15 is 0 Å². The summed E-state index contributed by atoms with van der Waals surface area (Å²) in [6, 6.07) is 1.50. The van der Waals surface area contributed by atoms with Crippen LogP contribution in [0.1, 0.15) is 5.56 Å². The third-order valence-electron chi connectivity index (χ3n) is 1.13. The Bertz CT molecular complexity index is 239. The maximum Gasteiger partial charge on any atom is 0.171 e. The highest BCUT2D eigenvalue weighted by molar-refractivity contribution is 6.30. The van der Waals surface area contributed by atoms with Crippen LogP contribution < -0.4 is 0 Å². The molecule has 0 saturated heterocycles. The molecule has 0 fully saturated rings. The molecule has 0 bridgehead atoms. The number of hydrogen-bond acceptors (Lipinski definition) is 3. The highest BCUT2D eigenvalue weighted by atomic mass is 35.5. The lowest BCUT2D eigenvalue weighted by Gasteiger charge is -1.99. The van der Waals surface area contributed by atoms with E-state index in [-0.39, 0.29) is 17.5 Å². The first-order chi connectivity index (χ1) is 4.75. The van der Waals surface area contributed by atoms with Crippen LogP contribution in [0.5, 0.6) is 5.75 Å². The highest BCUT2D eigenvalue weighted by Gasteiger charge is 2.03. The van der Waals surface area contributed by atoms with Crippen molar-refractivity contribution in [2.45, 2.75) is 6.61 Å². The van der Waals surface area contributed by atoms with Gasteiger partial charge in [-0.1, -0.05) is 11.6 Å². The molecule has 0 aliphatic heterocycles. The minimum absolute atomic E-state index is 0.0200. The van der Waals surface area contributed by atoms with Gasteiger partial charge in [-0.2, -0.15) is 0 Å². The Morgan fingerprint density at radius 1 is 1.60 bits per heavy atom. The van der Waals surface area contributed by atoms with Crippen LogP contribution in [-0.2, 0) is 6.61 Å². The van der Waals surface area contributed by atoms with Gasteiger partial charge < -0.3 is 10.2 Å². The zero-order valence-electron chi connectivity index (χ0n) is 5.08. The van der Waals surface area contributed by atoms with Crippen molar-refractivity contribution in [1.29, 1.82) is 0 Å². The molecule has 0 unspecified atom stereocenters. The molecule has 1 heterocycles. The number of rotatable bonds is 1. The third-order valence-corrected chi connectivity index (χ3v) is 1.41. The molecule has 0 aromatic carbocycles. The second kappa shape index (κ2) is 2.86. The predicted octanol–water partition coefficient (Wildman–Crippen LogP) is 0.933. The number of aliphatic hydroxyl groups is 1. The molecule has 0 aliphatic rings. The first kappa shape index (κ1) is 7.31. The van der Waals surface area contributed by atoms with Crippen LogP contribution in [0.25, 0.3) is 0 Å². The van der Waals surface area contributed by atoms with Gasteiger partial charge in [0.05, 0.1) is 6.61 Å². The molecule has 1 aromatic rings. The number of aromatic hydroxyl groups is 1. The minimum atomic E-state index is -0.228. The SMILES string of the molecule is OCc1ccnc(Cl)c1O. The summed E-state index contributed by atoms with van der Waals surface area (Å²) in [4.78, 5) is 3.59. The van der Waals surface area contributed by atoms with Gasteiger partial charge in [0.2, 0.25) is 0 Å². The van der Waals surface area contributed by atoms with Gasteiger partial charge in [0, 0.05) is 11.8 Å². The molecular formula is C6H6ClNO2. The fraction of sp³-hybridized carbons (Fsp3) is 0.167. The first-order valence-corrected chi connectivity index (χ1v) is 3.06. The van der Waals surface area contributed by atoms with Gasteiger partial charge in [-0.25, -0.2) is 4.98 Å². The average molecular weight is 160 g/mol. The van der Waals surface area contributed by atoms with E-state index < -0.39 is 0 Å². The Morgan fingerprint density at radius 2 is 2.30 bits per heavy atom. The Hall–Kier alpha value is -0.800. The fourth-order valence-corrected chi connectivity index (χ4v) is 0.771. The summed E-state index contributed by atoms with van der Waals surface area (Å²) in [6.45, 7) is -0.228. The number of halogens is 1. The van der Waals surface area contributed by atoms with E-state index in [1.165, 1.54) is 12.3 Å². The van der Waals surface area contributed by atoms with Crippen molar-refractivity contribution in [3.63, 3.8) is 0 Å². The topological polar surface area (TPSA) is 53.4 Å². The smallest absolute Gasteiger partial charge is 0.171 e. The predicted molar refractivity (Wildman–Crippen MR) is 36.8 cm³/mol. The average Bonchev–Trinajstić information content (AvgIpc) is 1.95. The van der Waals surface area contributed by atoms with Gasteiger partial charge in [0.1, 0.15) is 0 Å². The number of aliphatic hydroxyl groups excluding tert-OH is 1. The van der Waals surface area contributed by atoms with Crippen LogP contribution in [0.4, 0.5) is 0 Å². The van der Waals surface area contributed by atoms with Crippen LogP contribution in [0.3, 0.4) is 0 Å². The van der Waals surface area contributed by atoms with E-state index in [9.17, 15) is 0 Å². The summed E-state index contributed by atoms with van der Waals surface area (Å²) >= 11 is 5.42. The monoisotopic (exact) mass is 159 g/mol. The summed E-state index contributed by atoms with van der Waals surface area (Å²) in [5.41, 5.74) is 0.389.